The van der Waals surface area contributed by atoms with Gasteiger partial charge in [-0.2, -0.15) is 0 Å². The summed E-state index contributed by atoms with van der Waals surface area (Å²) in [5, 5.41) is 11.3. The fourth-order valence-corrected chi connectivity index (χ4v) is 1.72. The lowest BCUT2D eigenvalue weighted by molar-refractivity contribution is 0.0825. The predicted octanol–water partition coefficient (Wildman–Crippen LogP) is 0.715. The average molecular weight is 221 g/mol. The first kappa shape index (κ1) is 10.8. The van der Waals surface area contributed by atoms with Crippen LogP contribution in [0, 0.1) is 0 Å². The van der Waals surface area contributed by atoms with E-state index in [2.05, 4.69) is 5.43 Å². The van der Waals surface area contributed by atoms with Gasteiger partial charge in [-0.1, -0.05) is 0 Å². The molecule has 2 rings (SSSR count). The van der Waals surface area contributed by atoms with Crippen LogP contribution in [0.1, 0.15) is 23.2 Å². The number of anilines is 1. The molecule has 0 aliphatic carbocycles. The molecule has 0 unspecified atom stereocenters. The number of nitrogens with zero attached hydrogens (tertiary/aromatic N) is 1. The summed E-state index contributed by atoms with van der Waals surface area (Å²) in [6.07, 6.45) is 2.21. The summed E-state index contributed by atoms with van der Waals surface area (Å²) in [7, 11) is 0. The van der Waals surface area contributed by atoms with E-state index < -0.39 is 0 Å². The van der Waals surface area contributed by atoms with Crippen molar-refractivity contribution < 1.29 is 9.90 Å². The minimum Gasteiger partial charge on any atom is -0.506 e. The first-order valence-corrected chi connectivity index (χ1v) is 5.31. The number of hydrogen-bond donors (Lipinski definition) is 3. The highest BCUT2D eigenvalue weighted by Gasteiger charge is 2.15. The number of benzene rings is 1. The van der Waals surface area contributed by atoms with Crippen LogP contribution in [0.5, 0.6) is 5.75 Å². The fourth-order valence-electron chi connectivity index (χ4n) is 1.72. The minimum absolute atomic E-state index is 0.0610. The highest BCUT2D eigenvalue weighted by molar-refractivity contribution is 5.94. The summed E-state index contributed by atoms with van der Waals surface area (Å²) in [6.45, 7) is 1.76. The highest BCUT2D eigenvalue weighted by Crippen LogP contribution is 2.20. The van der Waals surface area contributed by atoms with Crippen molar-refractivity contribution in [1.29, 1.82) is 0 Å². The number of carbonyl (C=O) groups excluding carboxylic acids is 1. The van der Waals surface area contributed by atoms with Gasteiger partial charge < -0.3 is 10.8 Å². The number of amides is 1. The standard InChI is InChI=1S/C11H15N3O2/c12-9-4-3-8(7-10(9)15)11(16)13-14-5-1-2-6-14/h3-4,7,15H,1-2,5-6,12H2,(H,13,16). The van der Waals surface area contributed by atoms with Gasteiger partial charge in [0.15, 0.2) is 0 Å². The van der Waals surface area contributed by atoms with Crippen molar-refractivity contribution in [3.63, 3.8) is 0 Å². The summed E-state index contributed by atoms with van der Waals surface area (Å²) >= 11 is 0. The van der Waals surface area contributed by atoms with Crippen LogP contribution in [0.4, 0.5) is 5.69 Å². The van der Waals surface area contributed by atoms with Crippen LogP contribution in [0.15, 0.2) is 18.2 Å². The Morgan fingerprint density at radius 3 is 2.69 bits per heavy atom. The number of nitrogen functional groups attached to an aromatic ring is 1. The fraction of sp³-hybridized carbons (Fsp3) is 0.364. The van der Waals surface area contributed by atoms with Gasteiger partial charge in [0.25, 0.3) is 5.91 Å². The largest absolute Gasteiger partial charge is 0.506 e. The number of nitrogens with two attached hydrogens (primary N) is 1. The molecule has 4 N–H and O–H groups in total. The van der Waals surface area contributed by atoms with E-state index in [1.165, 1.54) is 12.1 Å². The third-order valence-electron chi connectivity index (χ3n) is 2.66. The zero-order valence-corrected chi connectivity index (χ0v) is 8.94. The smallest absolute Gasteiger partial charge is 0.265 e. The van der Waals surface area contributed by atoms with E-state index in [9.17, 15) is 9.90 Å². The summed E-state index contributed by atoms with van der Waals surface area (Å²) in [5.74, 6) is -0.272. The molecule has 5 heteroatoms. The van der Waals surface area contributed by atoms with Gasteiger partial charge in [0, 0.05) is 18.7 Å². The molecule has 16 heavy (non-hydrogen) atoms. The maximum Gasteiger partial charge on any atom is 0.265 e. The summed E-state index contributed by atoms with van der Waals surface area (Å²) in [6, 6.07) is 4.50. The first-order chi connectivity index (χ1) is 7.66. The number of phenols is 1. The quantitative estimate of drug-likeness (QED) is 0.508. The van der Waals surface area contributed by atoms with E-state index in [4.69, 9.17) is 5.73 Å². The van der Waals surface area contributed by atoms with E-state index in [-0.39, 0.29) is 17.3 Å². The number of phenolic OH excluding ortho intramolecular Hbond substituents is 1. The summed E-state index contributed by atoms with van der Waals surface area (Å²) in [4.78, 5) is 11.8. The molecule has 86 valence electrons. The molecular weight excluding hydrogens is 206 g/mol. The Labute approximate surface area is 93.8 Å². The highest BCUT2D eigenvalue weighted by atomic mass is 16.3. The van der Waals surface area contributed by atoms with Gasteiger partial charge in [-0.05, 0) is 31.0 Å². The number of aromatic hydroxyl groups is 1. The number of rotatable bonds is 2. The number of hydrazine groups is 1. The molecule has 1 saturated heterocycles. The van der Waals surface area contributed by atoms with Gasteiger partial charge in [0.1, 0.15) is 5.75 Å². The monoisotopic (exact) mass is 221 g/mol. The van der Waals surface area contributed by atoms with Crippen molar-refractivity contribution in [2.75, 3.05) is 18.8 Å². The molecular formula is C11H15N3O2. The lowest BCUT2D eigenvalue weighted by Crippen LogP contribution is -2.39. The molecule has 0 bridgehead atoms. The molecule has 1 aliphatic rings. The SMILES string of the molecule is Nc1ccc(C(=O)NN2CCCC2)cc1O. The van der Waals surface area contributed by atoms with Crippen LogP contribution < -0.4 is 11.2 Å². The zero-order valence-electron chi connectivity index (χ0n) is 8.94. The summed E-state index contributed by atoms with van der Waals surface area (Å²) in [5.41, 5.74) is 8.94. The predicted molar refractivity (Wildman–Crippen MR) is 60.8 cm³/mol. The normalized spacial score (nSPS) is 16.2. The van der Waals surface area contributed by atoms with E-state index in [0.717, 1.165) is 25.9 Å². The molecule has 1 heterocycles. The zero-order chi connectivity index (χ0) is 11.5. The second kappa shape index (κ2) is 4.40. The van der Waals surface area contributed by atoms with E-state index in [1.54, 1.807) is 6.07 Å². The van der Waals surface area contributed by atoms with Crippen LogP contribution in [-0.2, 0) is 0 Å². The van der Waals surface area contributed by atoms with Crippen molar-refractivity contribution in [1.82, 2.24) is 10.4 Å². The first-order valence-electron chi connectivity index (χ1n) is 5.31. The molecule has 0 spiro atoms. The van der Waals surface area contributed by atoms with Gasteiger partial charge in [-0.3, -0.25) is 10.2 Å². The molecule has 1 fully saturated rings. The maximum atomic E-state index is 11.8. The Morgan fingerprint density at radius 1 is 1.38 bits per heavy atom. The Morgan fingerprint density at radius 2 is 2.06 bits per heavy atom. The minimum atomic E-state index is -0.211. The van der Waals surface area contributed by atoms with Crippen LogP contribution in [-0.4, -0.2) is 29.1 Å². The molecule has 1 aliphatic heterocycles. The molecule has 5 nitrogen and oxygen atoms in total. The van der Waals surface area contributed by atoms with E-state index >= 15 is 0 Å². The van der Waals surface area contributed by atoms with Crippen LogP contribution in [0.2, 0.25) is 0 Å². The van der Waals surface area contributed by atoms with E-state index in [1.807, 2.05) is 5.01 Å². The molecule has 1 aromatic carbocycles. The number of nitrogens with one attached hydrogen (secondary N) is 1. The van der Waals surface area contributed by atoms with Crippen LogP contribution >= 0.6 is 0 Å². The van der Waals surface area contributed by atoms with Gasteiger partial charge >= 0.3 is 0 Å². The van der Waals surface area contributed by atoms with Crippen molar-refractivity contribution in [3.05, 3.63) is 23.8 Å². The van der Waals surface area contributed by atoms with Crippen LogP contribution in [0.3, 0.4) is 0 Å². The molecule has 0 atom stereocenters. The molecule has 0 radical (unpaired) electrons. The Hall–Kier alpha value is -1.75. The van der Waals surface area contributed by atoms with Crippen molar-refractivity contribution in [2.24, 2.45) is 0 Å². The second-order valence-electron chi connectivity index (χ2n) is 3.91. The Balaban J connectivity index is 2.05. The van der Waals surface area contributed by atoms with Gasteiger partial charge in [-0.15, -0.1) is 0 Å². The lowest BCUT2D eigenvalue weighted by atomic mass is 10.2. The Kier molecular flexibility index (Phi) is 2.96. The third kappa shape index (κ3) is 2.25. The van der Waals surface area contributed by atoms with Crippen molar-refractivity contribution in [3.8, 4) is 5.75 Å². The van der Waals surface area contributed by atoms with Crippen molar-refractivity contribution in [2.45, 2.75) is 12.8 Å². The lowest BCUT2D eigenvalue weighted by Gasteiger charge is -2.16. The molecule has 1 amide bonds. The van der Waals surface area contributed by atoms with Gasteiger partial charge in [0.05, 0.1) is 5.69 Å². The van der Waals surface area contributed by atoms with Gasteiger partial charge in [-0.25, -0.2) is 5.01 Å². The Bertz CT molecular complexity index is 400. The average Bonchev–Trinajstić information content (AvgIpc) is 2.74. The second-order valence-corrected chi connectivity index (χ2v) is 3.91. The van der Waals surface area contributed by atoms with Crippen LogP contribution in [0.25, 0.3) is 0 Å². The third-order valence-corrected chi connectivity index (χ3v) is 2.66. The topological polar surface area (TPSA) is 78.6 Å². The van der Waals surface area contributed by atoms with E-state index in [0.29, 0.717) is 5.56 Å². The number of carbonyl (C=O) groups is 1. The summed E-state index contributed by atoms with van der Waals surface area (Å²) < 4.78 is 0. The maximum absolute atomic E-state index is 11.8. The molecule has 1 aromatic rings. The molecule has 0 aromatic heterocycles. The molecule has 0 saturated carbocycles. The number of hydrogen-bond acceptors (Lipinski definition) is 4. The van der Waals surface area contributed by atoms with Gasteiger partial charge in [0.2, 0.25) is 0 Å². The van der Waals surface area contributed by atoms with Crippen molar-refractivity contribution >= 4 is 11.6 Å².